The molecule has 3 aromatic rings. The van der Waals surface area contributed by atoms with E-state index in [1.165, 1.54) is 4.80 Å². The Morgan fingerprint density at radius 3 is 2.65 bits per heavy atom. The maximum atomic E-state index is 6.13. The normalized spacial score (nSPS) is 12.5. The molecule has 102 valence electrons. The summed E-state index contributed by atoms with van der Waals surface area (Å²) < 4.78 is 1.80. The standard InChI is InChI=1S/C13H15N7/c1-19-17-13(15-18-19)9-11(14)12-7-8-20(16-12)10-5-3-2-4-6-10/h2-8,11H,9,14H2,1H3. The minimum atomic E-state index is -0.246. The second-order valence-corrected chi connectivity index (χ2v) is 4.53. The van der Waals surface area contributed by atoms with Crippen molar-refractivity contribution in [1.29, 1.82) is 0 Å². The monoisotopic (exact) mass is 269 g/mol. The number of aromatic nitrogens is 6. The fourth-order valence-corrected chi connectivity index (χ4v) is 1.97. The van der Waals surface area contributed by atoms with Crippen molar-refractivity contribution < 1.29 is 0 Å². The van der Waals surface area contributed by atoms with Crippen LogP contribution in [-0.4, -0.2) is 30.0 Å². The first-order valence-corrected chi connectivity index (χ1v) is 6.32. The van der Waals surface area contributed by atoms with Gasteiger partial charge in [-0.15, -0.1) is 10.2 Å². The van der Waals surface area contributed by atoms with Crippen molar-refractivity contribution >= 4 is 0 Å². The number of nitrogens with two attached hydrogens (primary N) is 1. The second kappa shape index (κ2) is 5.22. The first-order valence-electron chi connectivity index (χ1n) is 6.32. The zero-order chi connectivity index (χ0) is 13.9. The van der Waals surface area contributed by atoms with E-state index in [0.717, 1.165) is 11.4 Å². The highest BCUT2D eigenvalue weighted by Gasteiger charge is 2.13. The lowest BCUT2D eigenvalue weighted by Crippen LogP contribution is -2.15. The van der Waals surface area contributed by atoms with Gasteiger partial charge in [-0.1, -0.05) is 18.2 Å². The predicted octanol–water partition coefficient (Wildman–Crippen LogP) is 0.638. The molecule has 7 heteroatoms. The maximum Gasteiger partial charge on any atom is 0.176 e. The van der Waals surface area contributed by atoms with E-state index in [9.17, 15) is 0 Å². The summed E-state index contributed by atoms with van der Waals surface area (Å²) in [5.41, 5.74) is 7.94. The molecule has 0 aliphatic heterocycles. The van der Waals surface area contributed by atoms with Gasteiger partial charge in [-0.2, -0.15) is 9.90 Å². The number of rotatable bonds is 4. The molecule has 0 saturated carbocycles. The van der Waals surface area contributed by atoms with Gasteiger partial charge in [-0.25, -0.2) is 4.68 Å². The van der Waals surface area contributed by atoms with E-state index in [1.807, 2.05) is 42.6 Å². The number of hydrogen-bond acceptors (Lipinski definition) is 5. The van der Waals surface area contributed by atoms with E-state index >= 15 is 0 Å². The molecule has 0 bridgehead atoms. The van der Waals surface area contributed by atoms with Crippen LogP contribution in [0.2, 0.25) is 0 Å². The molecular weight excluding hydrogens is 254 g/mol. The topological polar surface area (TPSA) is 87.4 Å². The molecular formula is C13H15N7. The third-order valence-electron chi connectivity index (χ3n) is 2.96. The van der Waals surface area contributed by atoms with Crippen LogP contribution in [0.15, 0.2) is 42.6 Å². The predicted molar refractivity (Wildman–Crippen MR) is 73.0 cm³/mol. The van der Waals surface area contributed by atoms with Gasteiger partial charge in [0.05, 0.1) is 24.5 Å². The number of nitrogens with zero attached hydrogens (tertiary/aromatic N) is 6. The Morgan fingerprint density at radius 1 is 1.15 bits per heavy atom. The van der Waals surface area contributed by atoms with Crippen LogP contribution in [0.25, 0.3) is 5.69 Å². The van der Waals surface area contributed by atoms with Crippen LogP contribution in [-0.2, 0) is 13.5 Å². The summed E-state index contributed by atoms with van der Waals surface area (Å²) in [6, 6.07) is 11.6. The van der Waals surface area contributed by atoms with E-state index in [4.69, 9.17) is 5.73 Å². The summed E-state index contributed by atoms with van der Waals surface area (Å²) in [4.78, 5) is 1.42. The average Bonchev–Trinajstić information content (AvgIpc) is 3.09. The van der Waals surface area contributed by atoms with E-state index in [1.54, 1.807) is 11.7 Å². The highest BCUT2D eigenvalue weighted by atomic mass is 15.6. The van der Waals surface area contributed by atoms with Crippen LogP contribution in [0.5, 0.6) is 0 Å². The number of para-hydroxylation sites is 1. The smallest absolute Gasteiger partial charge is 0.176 e. The Hall–Kier alpha value is -2.54. The number of benzene rings is 1. The van der Waals surface area contributed by atoms with Crippen molar-refractivity contribution in [1.82, 2.24) is 30.0 Å². The Bertz CT molecular complexity index is 686. The minimum absolute atomic E-state index is 0.246. The number of aryl methyl sites for hydroxylation is 1. The lowest BCUT2D eigenvalue weighted by molar-refractivity contribution is 0.618. The molecule has 1 unspecified atom stereocenters. The Kier molecular flexibility index (Phi) is 3.26. The van der Waals surface area contributed by atoms with Crippen molar-refractivity contribution in [2.24, 2.45) is 12.8 Å². The quantitative estimate of drug-likeness (QED) is 0.751. The molecule has 0 fully saturated rings. The molecule has 1 aromatic carbocycles. The molecule has 0 aliphatic rings. The third kappa shape index (κ3) is 2.57. The van der Waals surface area contributed by atoms with Gasteiger partial charge in [0.15, 0.2) is 5.82 Å². The van der Waals surface area contributed by atoms with Crippen LogP contribution >= 0.6 is 0 Å². The van der Waals surface area contributed by atoms with Gasteiger partial charge in [0.25, 0.3) is 0 Å². The summed E-state index contributed by atoms with van der Waals surface area (Å²) >= 11 is 0. The van der Waals surface area contributed by atoms with Crippen molar-refractivity contribution in [3.8, 4) is 5.69 Å². The molecule has 2 N–H and O–H groups in total. The summed E-state index contributed by atoms with van der Waals surface area (Å²) in [7, 11) is 1.73. The Balaban J connectivity index is 1.76. The molecule has 2 heterocycles. The maximum absolute atomic E-state index is 6.13. The molecule has 20 heavy (non-hydrogen) atoms. The molecule has 0 amide bonds. The summed E-state index contributed by atoms with van der Waals surface area (Å²) in [5.74, 6) is 0.620. The zero-order valence-electron chi connectivity index (χ0n) is 11.1. The summed E-state index contributed by atoms with van der Waals surface area (Å²) in [6.45, 7) is 0. The van der Waals surface area contributed by atoms with Crippen LogP contribution < -0.4 is 5.73 Å². The van der Waals surface area contributed by atoms with Gasteiger partial charge in [-0.05, 0) is 23.4 Å². The fraction of sp³-hybridized carbons (Fsp3) is 0.231. The Morgan fingerprint density at radius 2 is 1.95 bits per heavy atom. The number of hydrogen-bond donors (Lipinski definition) is 1. The van der Waals surface area contributed by atoms with Crippen LogP contribution in [0.4, 0.5) is 0 Å². The lowest BCUT2D eigenvalue weighted by atomic mass is 10.1. The first kappa shape index (κ1) is 12.5. The number of tetrazole rings is 1. The Labute approximate surface area is 116 Å². The molecule has 0 saturated heterocycles. The minimum Gasteiger partial charge on any atom is -0.322 e. The summed E-state index contributed by atoms with van der Waals surface area (Å²) in [5, 5.41) is 16.3. The zero-order valence-corrected chi connectivity index (χ0v) is 11.1. The first-order chi connectivity index (χ1) is 9.72. The van der Waals surface area contributed by atoms with Crippen LogP contribution in [0, 0.1) is 0 Å². The van der Waals surface area contributed by atoms with Crippen molar-refractivity contribution in [2.45, 2.75) is 12.5 Å². The molecule has 0 spiro atoms. The average molecular weight is 269 g/mol. The van der Waals surface area contributed by atoms with Gasteiger partial charge >= 0.3 is 0 Å². The molecule has 2 aromatic heterocycles. The van der Waals surface area contributed by atoms with Gasteiger partial charge in [0.1, 0.15) is 0 Å². The van der Waals surface area contributed by atoms with Crippen LogP contribution in [0.1, 0.15) is 17.6 Å². The van der Waals surface area contributed by atoms with Crippen LogP contribution in [0.3, 0.4) is 0 Å². The van der Waals surface area contributed by atoms with Crippen molar-refractivity contribution in [3.05, 3.63) is 54.1 Å². The SMILES string of the molecule is Cn1nnc(CC(N)c2ccn(-c3ccccc3)n2)n1. The summed E-state index contributed by atoms with van der Waals surface area (Å²) in [6.07, 6.45) is 2.41. The van der Waals surface area contributed by atoms with Gasteiger partial charge in [0, 0.05) is 12.6 Å². The van der Waals surface area contributed by atoms with Gasteiger partial charge in [-0.3, -0.25) is 0 Å². The third-order valence-corrected chi connectivity index (χ3v) is 2.96. The lowest BCUT2D eigenvalue weighted by Gasteiger charge is -2.05. The van der Waals surface area contributed by atoms with Gasteiger partial charge in [0.2, 0.25) is 0 Å². The highest BCUT2D eigenvalue weighted by molar-refractivity contribution is 5.30. The largest absolute Gasteiger partial charge is 0.322 e. The highest BCUT2D eigenvalue weighted by Crippen LogP contribution is 2.14. The second-order valence-electron chi connectivity index (χ2n) is 4.53. The molecule has 1 atom stereocenters. The molecule has 0 radical (unpaired) electrons. The van der Waals surface area contributed by atoms with E-state index < -0.39 is 0 Å². The van der Waals surface area contributed by atoms with E-state index in [-0.39, 0.29) is 6.04 Å². The fourth-order valence-electron chi connectivity index (χ4n) is 1.97. The molecule has 7 nitrogen and oxygen atoms in total. The van der Waals surface area contributed by atoms with Crippen molar-refractivity contribution in [3.63, 3.8) is 0 Å². The molecule has 0 aliphatic carbocycles. The van der Waals surface area contributed by atoms with E-state index in [0.29, 0.717) is 12.2 Å². The van der Waals surface area contributed by atoms with E-state index in [2.05, 4.69) is 20.5 Å². The molecule has 3 rings (SSSR count). The van der Waals surface area contributed by atoms with Crippen molar-refractivity contribution in [2.75, 3.05) is 0 Å². The van der Waals surface area contributed by atoms with Gasteiger partial charge < -0.3 is 5.73 Å².